The molecule has 0 saturated heterocycles. The highest BCUT2D eigenvalue weighted by atomic mass is 32.2. The molecule has 0 radical (unpaired) electrons. The first kappa shape index (κ1) is 13.6. The van der Waals surface area contributed by atoms with Crippen LogP contribution in [0.5, 0.6) is 0 Å². The minimum absolute atomic E-state index is 0.140. The number of hydrogen-bond donors (Lipinski definition) is 2. The summed E-state index contributed by atoms with van der Waals surface area (Å²) in [5.74, 6) is -0.952. The van der Waals surface area contributed by atoms with E-state index in [-0.39, 0.29) is 11.7 Å². The van der Waals surface area contributed by atoms with Crippen molar-refractivity contribution in [1.82, 2.24) is 0 Å². The number of carboxylic acid groups (broad SMARTS) is 1. The minimum Gasteiger partial charge on any atom is -0.480 e. The molecule has 0 aliphatic heterocycles. The number of anilines is 1. The highest BCUT2D eigenvalue weighted by Crippen LogP contribution is 2.12. The predicted molar refractivity (Wildman–Crippen MR) is 69.4 cm³/mol. The lowest BCUT2D eigenvalue weighted by Gasteiger charge is -2.07. The molecule has 2 N–H and O–H groups in total. The Morgan fingerprint density at radius 1 is 1.35 bits per heavy atom. The second-order valence-corrected chi connectivity index (χ2v) is 5.03. The first-order valence-electron chi connectivity index (χ1n) is 5.20. The second-order valence-electron chi connectivity index (χ2n) is 3.71. The summed E-state index contributed by atoms with van der Waals surface area (Å²) in [7, 11) is 0. The van der Waals surface area contributed by atoms with E-state index < -0.39 is 11.2 Å². The Morgan fingerprint density at radius 2 is 1.94 bits per heavy atom. The van der Waals surface area contributed by atoms with E-state index in [1.807, 2.05) is 31.2 Å². The molecule has 0 heterocycles. The number of hydrogen-bond acceptors (Lipinski definition) is 3. The standard InChI is InChI=1S/C12H15NO3S/c1-8-3-5-10(6-4-8)13-11(14)7-17-9(2)12(15)16/h3-6,9H,7H2,1-2H3,(H,13,14)(H,15,16)/t9-/m0/s1. The summed E-state index contributed by atoms with van der Waals surface area (Å²) in [6, 6.07) is 7.45. The summed E-state index contributed by atoms with van der Waals surface area (Å²) in [6.45, 7) is 3.53. The van der Waals surface area contributed by atoms with E-state index in [0.29, 0.717) is 0 Å². The molecule has 92 valence electrons. The van der Waals surface area contributed by atoms with Gasteiger partial charge in [0, 0.05) is 5.69 Å². The molecule has 1 rings (SSSR count). The first-order chi connectivity index (χ1) is 7.99. The van der Waals surface area contributed by atoms with Crippen molar-refractivity contribution in [3.8, 4) is 0 Å². The van der Waals surface area contributed by atoms with Gasteiger partial charge >= 0.3 is 5.97 Å². The SMILES string of the molecule is Cc1ccc(NC(=O)CS[C@@H](C)C(=O)O)cc1. The summed E-state index contributed by atoms with van der Waals surface area (Å²) in [5, 5.41) is 10.8. The molecule has 4 nitrogen and oxygen atoms in total. The maximum Gasteiger partial charge on any atom is 0.316 e. The Hall–Kier alpha value is -1.49. The predicted octanol–water partition coefficient (Wildman–Crippen LogP) is 2.14. The fourth-order valence-corrected chi connectivity index (χ4v) is 1.72. The fraction of sp³-hybridized carbons (Fsp3) is 0.333. The molecule has 0 fully saturated rings. The summed E-state index contributed by atoms with van der Waals surface area (Å²) >= 11 is 1.10. The molecule has 1 aromatic rings. The molecule has 17 heavy (non-hydrogen) atoms. The molecule has 0 unspecified atom stereocenters. The van der Waals surface area contributed by atoms with Crippen molar-refractivity contribution in [3.63, 3.8) is 0 Å². The third-order valence-electron chi connectivity index (χ3n) is 2.15. The van der Waals surface area contributed by atoms with Crippen LogP contribution in [0, 0.1) is 6.92 Å². The molecule has 1 aromatic carbocycles. The van der Waals surface area contributed by atoms with Crippen molar-refractivity contribution in [1.29, 1.82) is 0 Å². The number of nitrogens with one attached hydrogen (secondary N) is 1. The van der Waals surface area contributed by atoms with Gasteiger partial charge in [-0.05, 0) is 26.0 Å². The monoisotopic (exact) mass is 253 g/mol. The zero-order valence-electron chi connectivity index (χ0n) is 9.77. The lowest BCUT2D eigenvalue weighted by atomic mass is 10.2. The summed E-state index contributed by atoms with van der Waals surface area (Å²) in [5.41, 5.74) is 1.85. The molecule has 1 amide bonds. The second kappa shape index (κ2) is 6.30. The lowest BCUT2D eigenvalue weighted by Crippen LogP contribution is -2.19. The van der Waals surface area contributed by atoms with Crippen LogP contribution in [0.1, 0.15) is 12.5 Å². The van der Waals surface area contributed by atoms with Gasteiger partial charge in [-0.2, -0.15) is 0 Å². The number of aliphatic carboxylic acids is 1. The summed E-state index contributed by atoms with van der Waals surface area (Å²) in [4.78, 5) is 22.1. The van der Waals surface area contributed by atoms with Crippen LogP contribution in [0.2, 0.25) is 0 Å². The van der Waals surface area contributed by atoms with Gasteiger partial charge in [0.1, 0.15) is 0 Å². The lowest BCUT2D eigenvalue weighted by molar-refractivity contribution is -0.136. The van der Waals surface area contributed by atoms with Gasteiger partial charge in [0.15, 0.2) is 0 Å². The maximum atomic E-state index is 11.5. The van der Waals surface area contributed by atoms with E-state index in [1.165, 1.54) is 0 Å². The van der Waals surface area contributed by atoms with Gasteiger partial charge in [0.25, 0.3) is 0 Å². The van der Waals surface area contributed by atoms with Crippen LogP contribution in [0.4, 0.5) is 5.69 Å². The van der Waals surface area contributed by atoms with Crippen molar-refractivity contribution in [2.24, 2.45) is 0 Å². The molecular weight excluding hydrogens is 238 g/mol. The number of carbonyl (C=O) groups excluding carboxylic acids is 1. The molecule has 0 aromatic heterocycles. The van der Waals surface area contributed by atoms with E-state index in [2.05, 4.69) is 5.32 Å². The van der Waals surface area contributed by atoms with Crippen LogP contribution in [0.25, 0.3) is 0 Å². The van der Waals surface area contributed by atoms with E-state index >= 15 is 0 Å². The number of aryl methyl sites for hydroxylation is 1. The Labute approximate surface area is 104 Å². The van der Waals surface area contributed by atoms with E-state index in [9.17, 15) is 9.59 Å². The molecular formula is C12H15NO3S. The van der Waals surface area contributed by atoms with Crippen LogP contribution in [0.15, 0.2) is 24.3 Å². The maximum absolute atomic E-state index is 11.5. The minimum atomic E-state index is -0.905. The largest absolute Gasteiger partial charge is 0.480 e. The van der Waals surface area contributed by atoms with Crippen molar-refractivity contribution in [2.45, 2.75) is 19.1 Å². The van der Waals surface area contributed by atoms with Crippen LogP contribution < -0.4 is 5.32 Å². The summed E-state index contributed by atoms with van der Waals surface area (Å²) in [6.07, 6.45) is 0. The number of carboxylic acids is 1. The van der Waals surface area contributed by atoms with Crippen molar-refractivity contribution < 1.29 is 14.7 Å². The number of rotatable bonds is 5. The van der Waals surface area contributed by atoms with Crippen LogP contribution in [0.3, 0.4) is 0 Å². The van der Waals surface area contributed by atoms with Gasteiger partial charge in [0.05, 0.1) is 11.0 Å². The molecule has 0 aliphatic rings. The van der Waals surface area contributed by atoms with Crippen LogP contribution >= 0.6 is 11.8 Å². The van der Waals surface area contributed by atoms with Crippen molar-refractivity contribution in [3.05, 3.63) is 29.8 Å². The third-order valence-corrected chi connectivity index (χ3v) is 3.28. The zero-order valence-corrected chi connectivity index (χ0v) is 10.6. The van der Waals surface area contributed by atoms with E-state index in [1.54, 1.807) is 6.92 Å². The smallest absolute Gasteiger partial charge is 0.316 e. The van der Waals surface area contributed by atoms with Gasteiger partial charge in [-0.25, -0.2) is 0 Å². The Bertz CT molecular complexity index is 403. The van der Waals surface area contributed by atoms with Crippen LogP contribution in [-0.4, -0.2) is 28.0 Å². The average Bonchev–Trinajstić information content (AvgIpc) is 2.29. The first-order valence-corrected chi connectivity index (χ1v) is 6.25. The van der Waals surface area contributed by atoms with E-state index in [4.69, 9.17) is 5.11 Å². The van der Waals surface area contributed by atoms with E-state index in [0.717, 1.165) is 23.0 Å². The quantitative estimate of drug-likeness (QED) is 0.843. The Morgan fingerprint density at radius 3 is 2.47 bits per heavy atom. The molecule has 0 aliphatic carbocycles. The van der Waals surface area contributed by atoms with Gasteiger partial charge in [-0.1, -0.05) is 17.7 Å². The van der Waals surface area contributed by atoms with Gasteiger partial charge in [-0.15, -0.1) is 11.8 Å². The van der Waals surface area contributed by atoms with Crippen molar-refractivity contribution in [2.75, 3.05) is 11.1 Å². The number of benzene rings is 1. The average molecular weight is 253 g/mol. The van der Waals surface area contributed by atoms with Crippen molar-refractivity contribution >= 4 is 29.3 Å². The molecule has 0 spiro atoms. The molecule has 1 atom stereocenters. The Balaban J connectivity index is 2.39. The summed E-state index contributed by atoms with van der Waals surface area (Å²) < 4.78 is 0. The van der Waals surface area contributed by atoms with Gasteiger partial charge in [-0.3, -0.25) is 9.59 Å². The third kappa shape index (κ3) is 4.91. The number of amides is 1. The molecule has 0 saturated carbocycles. The highest BCUT2D eigenvalue weighted by molar-refractivity contribution is 8.01. The Kier molecular flexibility index (Phi) is 5.03. The number of thioether (sulfide) groups is 1. The number of carbonyl (C=O) groups is 2. The topological polar surface area (TPSA) is 66.4 Å². The fourth-order valence-electron chi connectivity index (χ4n) is 1.11. The molecule has 5 heteroatoms. The van der Waals surface area contributed by atoms with Crippen LogP contribution in [-0.2, 0) is 9.59 Å². The molecule has 0 bridgehead atoms. The zero-order chi connectivity index (χ0) is 12.8. The normalized spacial score (nSPS) is 11.9. The van der Waals surface area contributed by atoms with Gasteiger partial charge < -0.3 is 10.4 Å². The highest BCUT2D eigenvalue weighted by Gasteiger charge is 2.13. The van der Waals surface area contributed by atoms with Gasteiger partial charge in [0.2, 0.25) is 5.91 Å².